The highest BCUT2D eigenvalue weighted by molar-refractivity contribution is 7.89. The topological polar surface area (TPSA) is 84.9 Å². The Morgan fingerprint density at radius 1 is 1.04 bits per heavy atom. The molecule has 1 heterocycles. The molecular weight excluding hydrogens is 380 g/mol. The number of para-hydroxylation sites is 2. The van der Waals surface area contributed by atoms with Gasteiger partial charge in [-0.3, -0.25) is 4.79 Å². The van der Waals surface area contributed by atoms with Crippen molar-refractivity contribution in [1.29, 1.82) is 0 Å². The van der Waals surface area contributed by atoms with Crippen molar-refractivity contribution in [2.24, 2.45) is 0 Å². The highest BCUT2D eigenvalue weighted by Gasteiger charge is 2.34. The van der Waals surface area contributed by atoms with Gasteiger partial charge in [-0.15, -0.1) is 0 Å². The van der Waals surface area contributed by atoms with Gasteiger partial charge in [0.15, 0.2) is 11.5 Å². The number of hydrogen-bond donors (Lipinski definition) is 1. The van der Waals surface area contributed by atoms with E-state index in [0.717, 1.165) is 9.87 Å². The molecule has 3 rings (SSSR count). The minimum atomic E-state index is -3.49. The van der Waals surface area contributed by atoms with Crippen molar-refractivity contribution >= 4 is 15.9 Å². The van der Waals surface area contributed by atoms with Gasteiger partial charge >= 0.3 is 0 Å². The number of nitrogens with one attached hydrogen (secondary N) is 1. The number of ether oxygens (including phenoxy) is 2. The molecule has 3 atom stereocenters. The van der Waals surface area contributed by atoms with Gasteiger partial charge in [0.25, 0.3) is 5.91 Å². The Hall–Kier alpha value is -2.58. The van der Waals surface area contributed by atoms with Gasteiger partial charge in [0.1, 0.15) is 6.10 Å². The summed E-state index contributed by atoms with van der Waals surface area (Å²) < 4.78 is 37.1. The van der Waals surface area contributed by atoms with Crippen LogP contribution in [0.15, 0.2) is 53.4 Å². The normalized spacial score (nSPS) is 19.9. The average Bonchev–Trinajstić information content (AvgIpc) is 2.67. The first-order chi connectivity index (χ1) is 13.2. The zero-order valence-corrected chi connectivity index (χ0v) is 17.1. The number of rotatable bonds is 5. The number of nitrogens with zero attached hydrogens (tertiary/aromatic N) is 1. The predicted octanol–water partition coefficient (Wildman–Crippen LogP) is 2.34. The first-order valence-electron chi connectivity index (χ1n) is 8.95. The zero-order chi connectivity index (χ0) is 20.5. The molecular formula is C20H24N2O5S. The highest BCUT2D eigenvalue weighted by atomic mass is 32.2. The fourth-order valence-corrected chi connectivity index (χ4v) is 3.83. The van der Waals surface area contributed by atoms with Gasteiger partial charge in [-0.05, 0) is 43.7 Å². The molecule has 2 aromatic carbocycles. The minimum absolute atomic E-state index is 0.203. The standard InChI is InChI=1S/C20H24N2O5S/c1-13(15-9-11-16(12-10-15)28(24,25)22(3)4)21-20(23)19-14(2)26-17-7-5-6-8-18(17)27-19/h5-14,19H,1-4H3,(H,21,23)/t13-,14-,19-/m0/s1. The summed E-state index contributed by atoms with van der Waals surface area (Å²) in [7, 11) is -0.518. The highest BCUT2D eigenvalue weighted by Crippen LogP contribution is 2.33. The Kier molecular flexibility index (Phi) is 5.62. The van der Waals surface area contributed by atoms with E-state index in [0.29, 0.717) is 11.5 Å². The summed E-state index contributed by atoms with van der Waals surface area (Å²) in [5.74, 6) is 0.857. The Morgan fingerprint density at radius 3 is 2.18 bits per heavy atom. The summed E-state index contributed by atoms with van der Waals surface area (Å²) in [6.07, 6.45) is -1.21. The van der Waals surface area contributed by atoms with Crippen molar-refractivity contribution in [3.63, 3.8) is 0 Å². The molecule has 1 amide bonds. The molecule has 0 aliphatic carbocycles. The van der Waals surface area contributed by atoms with Crippen molar-refractivity contribution in [3.05, 3.63) is 54.1 Å². The molecule has 0 spiro atoms. The lowest BCUT2D eigenvalue weighted by atomic mass is 10.1. The van der Waals surface area contributed by atoms with Crippen molar-refractivity contribution in [3.8, 4) is 11.5 Å². The number of fused-ring (bicyclic) bond motifs is 1. The van der Waals surface area contributed by atoms with Gasteiger partial charge in [-0.2, -0.15) is 0 Å². The SMILES string of the molecule is C[C@H](NC(=O)[C@H]1Oc2ccccc2O[C@H]1C)c1ccc(S(=O)(=O)N(C)C)cc1. The number of benzene rings is 2. The van der Waals surface area contributed by atoms with E-state index in [2.05, 4.69) is 5.32 Å². The van der Waals surface area contributed by atoms with Crippen LogP contribution in [-0.2, 0) is 14.8 Å². The predicted molar refractivity (Wildman–Crippen MR) is 105 cm³/mol. The number of sulfonamides is 1. The van der Waals surface area contributed by atoms with E-state index < -0.39 is 22.2 Å². The average molecular weight is 404 g/mol. The third-order valence-corrected chi connectivity index (χ3v) is 6.45. The van der Waals surface area contributed by atoms with E-state index in [1.807, 2.05) is 19.1 Å². The smallest absolute Gasteiger partial charge is 0.265 e. The molecule has 0 unspecified atom stereocenters. The van der Waals surface area contributed by atoms with Gasteiger partial charge in [0, 0.05) is 14.1 Å². The number of amides is 1. The first kappa shape index (κ1) is 20.2. The second-order valence-electron chi connectivity index (χ2n) is 6.89. The molecule has 1 aliphatic heterocycles. The van der Waals surface area contributed by atoms with Gasteiger partial charge in [-0.1, -0.05) is 24.3 Å². The van der Waals surface area contributed by atoms with E-state index in [-0.39, 0.29) is 16.8 Å². The van der Waals surface area contributed by atoms with Crippen molar-refractivity contribution in [1.82, 2.24) is 9.62 Å². The maximum Gasteiger partial charge on any atom is 0.265 e. The van der Waals surface area contributed by atoms with Crippen LogP contribution in [0.25, 0.3) is 0 Å². The van der Waals surface area contributed by atoms with E-state index >= 15 is 0 Å². The Morgan fingerprint density at radius 2 is 1.61 bits per heavy atom. The lowest BCUT2D eigenvalue weighted by Crippen LogP contribution is -2.49. The summed E-state index contributed by atoms with van der Waals surface area (Å²) >= 11 is 0. The maximum absolute atomic E-state index is 12.7. The van der Waals surface area contributed by atoms with Crippen LogP contribution in [0.4, 0.5) is 0 Å². The van der Waals surface area contributed by atoms with Crippen LogP contribution in [0.2, 0.25) is 0 Å². The third kappa shape index (κ3) is 3.98. The van der Waals surface area contributed by atoms with Crippen LogP contribution in [-0.4, -0.2) is 44.9 Å². The van der Waals surface area contributed by atoms with Gasteiger partial charge < -0.3 is 14.8 Å². The van der Waals surface area contributed by atoms with Gasteiger partial charge in [0.05, 0.1) is 10.9 Å². The molecule has 8 heteroatoms. The van der Waals surface area contributed by atoms with Crippen LogP contribution < -0.4 is 14.8 Å². The fraction of sp³-hybridized carbons (Fsp3) is 0.350. The molecule has 0 fully saturated rings. The molecule has 1 aliphatic rings. The monoisotopic (exact) mass is 404 g/mol. The van der Waals surface area contributed by atoms with E-state index in [1.54, 1.807) is 31.2 Å². The molecule has 7 nitrogen and oxygen atoms in total. The Balaban J connectivity index is 1.69. The number of carbonyl (C=O) groups excluding carboxylic acids is 1. The summed E-state index contributed by atoms with van der Waals surface area (Å²) in [6.45, 7) is 3.61. The van der Waals surface area contributed by atoms with Crippen molar-refractivity contribution < 1.29 is 22.7 Å². The van der Waals surface area contributed by atoms with Crippen LogP contribution in [0.5, 0.6) is 11.5 Å². The first-order valence-corrected chi connectivity index (χ1v) is 10.4. The summed E-state index contributed by atoms with van der Waals surface area (Å²) in [5, 5.41) is 2.90. The molecule has 2 aromatic rings. The second-order valence-corrected chi connectivity index (χ2v) is 9.05. The van der Waals surface area contributed by atoms with E-state index in [1.165, 1.54) is 26.2 Å². The van der Waals surface area contributed by atoms with E-state index in [4.69, 9.17) is 9.47 Å². The van der Waals surface area contributed by atoms with Crippen molar-refractivity contribution in [2.75, 3.05) is 14.1 Å². The molecule has 0 saturated carbocycles. The molecule has 0 radical (unpaired) electrons. The summed E-state index contributed by atoms with van der Waals surface area (Å²) in [5.41, 5.74) is 0.788. The van der Waals surface area contributed by atoms with Crippen LogP contribution in [0, 0.1) is 0 Å². The molecule has 28 heavy (non-hydrogen) atoms. The second kappa shape index (κ2) is 7.81. The largest absolute Gasteiger partial charge is 0.482 e. The molecule has 0 saturated heterocycles. The minimum Gasteiger partial charge on any atom is -0.482 e. The molecule has 0 aromatic heterocycles. The van der Waals surface area contributed by atoms with Crippen LogP contribution >= 0.6 is 0 Å². The summed E-state index contributed by atoms with van der Waals surface area (Å²) in [6, 6.07) is 13.4. The van der Waals surface area contributed by atoms with Crippen molar-refractivity contribution in [2.45, 2.75) is 37.0 Å². The van der Waals surface area contributed by atoms with E-state index in [9.17, 15) is 13.2 Å². The molecule has 1 N–H and O–H groups in total. The van der Waals surface area contributed by atoms with Gasteiger partial charge in [-0.25, -0.2) is 12.7 Å². The molecule has 0 bridgehead atoms. The molecule has 150 valence electrons. The fourth-order valence-electron chi connectivity index (χ4n) is 2.92. The van der Waals surface area contributed by atoms with Crippen LogP contribution in [0.1, 0.15) is 25.5 Å². The Bertz CT molecular complexity index is 957. The maximum atomic E-state index is 12.7. The lowest BCUT2D eigenvalue weighted by molar-refractivity contribution is -0.134. The number of carbonyl (C=O) groups is 1. The van der Waals surface area contributed by atoms with Gasteiger partial charge in [0.2, 0.25) is 16.1 Å². The quantitative estimate of drug-likeness (QED) is 0.827. The lowest BCUT2D eigenvalue weighted by Gasteiger charge is -2.31. The number of hydrogen-bond acceptors (Lipinski definition) is 5. The van der Waals surface area contributed by atoms with Crippen LogP contribution in [0.3, 0.4) is 0 Å². The zero-order valence-electron chi connectivity index (χ0n) is 16.2. The Labute approximate surface area is 165 Å². The summed E-state index contributed by atoms with van der Waals surface area (Å²) in [4.78, 5) is 12.9. The third-order valence-electron chi connectivity index (χ3n) is 4.62.